The number of rotatable bonds is 4. The fraction of sp³-hybridized carbons (Fsp3) is 0.778. The molecule has 0 heterocycles. The van der Waals surface area contributed by atoms with Crippen LogP contribution in [0, 0.1) is 12.0 Å². The fourth-order valence-electron chi connectivity index (χ4n) is 0.786. The first-order valence-electron chi connectivity index (χ1n) is 4.20. The lowest BCUT2D eigenvalue weighted by atomic mass is 10.4. The van der Waals surface area contributed by atoms with Gasteiger partial charge in [-0.1, -0.05) is 19.8 Å². The molecule has 0 radical (unpaired) electrons. The SMILES string of the molecule is CCC#CNCN(C)CCC. The third-order valence-corrected chi connectivity index (χ3v) is 1.31. The standard InChI is InChI=1S/C9H18N2/c1-4-6-7-10-9-11(3)8-5-2/h10H,4-5,8-9H2,1-3H3. The van der Waals surface area contributed by atoms with Gasteiger partial charge in [0, 0.05) is 12.5 Å². The lowest BCUT2D eigenvalue weighted by Crippen LogP contribution is -2.28. The van der Waals surface area contributed by atoms with Gasteiger partial charge in [-0.05, 0) is 20.0 Å². The van der Waals surface area contributed by atoms with Gasteiger partial charge < -0.3 is 5.32 Å². The van der Waals surface area contributed by atoms with Crippen molar-refractivity contribution in [1.82, 2.24) is 10.2 Å². The Kier molecular flexibility index (Phi) is 6.97. The molecule has 0 rings (SSSR count). The normalized spacial score (nSPS) is 9.09. The van der Waals surface area contributed by atoms with E-state index in [0.29, 0.717) is 0 Å². The van der Waals surface area contributed by atoms with Crippen LogP contribution < -0.4 is 5.32 Å². The van der Waals surface area contributed by atoms with Gasteiger partial charge in [-0.3, -0.25) is 4.90 Å². The summed E-state index contributed by atoms with van der Waals surface area (Å²) >= 11 is 0. The maximum Gasteiger partial charge on any atom is 0.0751 e. The van der Waals surface area contributed by atoms with Crippen LogP contribution in [0.25, 0.3) is 0 Å². The molecule has 0 aromatic rings. The predicted molar refractivity (Wildman–Crippen MR) is 49.0 cm³/mol. The predicted octanol–water partition coefficient (Wildman–Crippen LogP) is 1.25. The van der Waals surface area contributed by atoms with Crippen LogP contribution in [0.2, 0.25) is 0 Å². The highest BCUT2D eigenvalue weighted by atomic mass is 15.2. The van der Waals surface area contributed by atoms with Crippen molar-refractivity contribution in [2.24, 2.45) is 0 Å². The van der Waals surface area contributed by atoms with Gasteiger partial charge in [-0.25, -0.2) is 0 Å². The Morgan fingerprint density at radius 3 is 2.64 bits per heavy atom. The molecule has 0 aromatic heterocycles. The largest absolute Gasteiger partial charge is 0.332 e. The molecule has 1 N–H and O–H groups in total. The zero-order valence-electron chi connectivity index (χ0n) is 7.78. The molecular weight excluding hydrogens is 136 g/mol. The average Bonchev–Trinajstić information content (AvgIpc) is 1.99. The van der Waals surface area contributed by atoms with Crippen LogP contribution in [0.3, 0.4) is 0 Å². The van der Waals surface area contributed by atoms with Gasteiger partial charge in [0.1, 0.15) is 0 Å². The molecule has 0 aliphatic carbocycles. The zero-order valence-corrected chi connectivity index (χ0v) is 7.78. The minimum Gasteiger partial charge on any atom is -0.332 e. The lowest BCUT2D eigenvalue weighted by molar-refractivity contribution is 0.326. The smallest absolute Gasteiger partial charge is 0.0751 e. The van der Waals surface area contributed by atoms with Crippen molar-refractivity contribution >= 4 is 0 Å². The quantitative estimate of drug-likeness (QED) is 0.372. The Labute approximate surface area is 70.0 Å². The second kappa shape index (κ2) is 7.43. The van der Waals surface area contributed by atoms with Gasteiger partial charge in [0.15, 0.2) is 0 Å². The van der Waals surface area contributed by atoms with Crippen LogP contribution in [0.15, 0.2) is 0 Å². The molecular formula is C9H18N2. The zero-order chi connectivity index (χ0) is 8.53. The van der Waals surface area contributed by atoms with Gasteiger partial charge in [0.25, 0.3) is 0 Å². The van der Waals surface area contributed by atoms with Crippen LogP contribution in [-0.2, 0) is 0 Å². The van der Waals surface area contributed by atoms with E-state index in [0.717, 1.165) is 19.6 Å². The summed E-state index contributed by atoms with van der Waals surface area (Å²) in [4.78, 5) is 2.21. The third-order valence-electron chi connectivity index (χ3n) is 1.31. The van der Waals surface area contributed by atoms with Gasteiger partial charge in [-0.15, -0.1) is 0 Å². The van der Waals surface area contributed by atoms with E-state index < -0.39 is 0 Å². The lowest BCUT2D eigenvalue weighted by Gasteiger charge is -2.13. The molecule has 2 nitrogen and oxygen atoms in total. The van der Waals surface area contributed by atoms with Crippen molar-refractivity contribution in [3.8, 4) is 12.0 Å². The summed E-state index contributed by atoms with van der Waals surface area (Å²) in [5.41, 5.74) is 0. The summed E-state index contributed by atoms with van der Waals surface area (Å²) in [6.45, 7) is 6.21. The number of hydrogen-bond donors (Lipinski definition) is 1. The molecule has 64 valence electrons. The Morgan fingerprint density at radius 2 is 2.09 bits per heavy atom. The Balaban J connectivity index is 3.23. The number of nitrogens with one attached hydrogen (secondary N) is 1. The summed E-state index contributed by atoms with van der Waals surface area (Å²) in [5, 5.41) is 3.04. The van der Waals surface area contributed by atoms with Crippen molar-refractivity contribution in [2.45, 2.75) is 26.7 Å². The van der Waals surface area contributed by atoms with E-state index in [1.807, 2.05) is 6.92 Å². The molecule has 0 aromatic carbocycles. The minimum absolute atomic E-state index is 0.862. The van der Waals surface area contributed by atoms with E-state index >= 15 is 0 Å². The van der Waals surface area contributed by atoms with Gasteiger partial charge >= 0.3 is 0 Å². The first-order valence-corrected chi connectivity index (χ1v) is 4.20. The van der Waals surface area contributed by atoms with Crippen LogP contribution in [0.1, 0.15) is 26.7 Å². The maximum absolute atomic E-state index is 3.04. The Bertz CT molecular complexity index is 132. The molecule has 0 saturated carbocycles. The van der Waals surface area contributed by atoms with E-state index in [9.17, 15) is 0 Å². The Morgan fingerprint density at radius 1 is 1.36 bits per heavy atom. The van der Waals surface area contributed by atoms with Crippen molar-refractivity contribution in [2.75, 3.05) is 20.3 Å². The number of hydrogen-bond acceptors (Lipinski definition) is 2. The molecule has 0 unspecified atom stereocenters. The monoisotopic (exact) mass is 154 g/mol. The third kappa shape index (κ3) is 7.21. The van der Waals surface area contributed by atoms with Crippen molar-refractivity contribution in [1.29, 1.82) is 0 Å². The van der Waals surface area contributed by atoms with Gasteiger partial charge in [0.05, 0.1) is 6.67 Å². The summed E-state index contributed by atoms with van der Waals surface area (Å²) in [6, 6.07) is 2.88. The average molecular weight is 154 g/mol. The van der Waals surface area contributed by atoms with Crippen molar-refractivity contribution in [3.63, 3.8) is 0 Å². The van der Waals surface area contributed by atoms with Crippen LogP contribution in [0.4, 0.5) is 0 Å². The highest BCUT2D eigenvalue weighted by Gasteiger charge is 1.90. The van der Waals surface area contributed by atoms with E-state index in [1.54, 1.807) is 0 Å². The van der Waals surface area contributed by atoms with Crippen LogP contribution in [0.5, 0.6) is 0 Å². The molecule has 0 atom stereocenters. The number of nitrogens with zero attached hydrogens (tertiary/aromatic N) is 1. The topological polar surface area (TPSA) is 15.3 Å². The second-order valence-electron chi connectivity index (χ2n) is 2.57. The molecule has 11 heavy (non-hydrogen) atoms. The summed E-state index contributed by atoms with van der Waals surface area (Å²) in [7, 11) is 2.09. The minimum atomic E-state index is 0.862. The molecule has 0 amide bonds. The van der Waals surface area contributed by atoms with Crippen molar-refractivity contribution in [3.05, 3.63) is 0 Å². The van der Waals surface area contributed by atoms with E-state index in [4.69, 9.17) is 0 Å². The molecule has 0 spiro atoms. The molecule has 0 aliphatic rings. The molecule has 0 bridgehead atoms. The first kappa shape index (κ1) is 10.3. The summed E-state index contributed by atoms with van der Waals surface area (Å²) in [5.74, 6) is 2.96. The van der Waals surface area contributed by atoms with Crippen molar-refractivity contribution < 1.29 is 0 Å². The molecule has 0 fully saturated rings. The molecule has 0 saturated heterocycles. The highest BCUT2D eigenvalue weighted by Crippen LogP contribution is 1.81. The van der Waals surface area contributed by atoms with Crippen LogP contribution >= 0.6 is 0 Å². The highest BCUT2D eigenvalue weighted by molar-refractivity contribution is 4.94. The molecule has 0 aliphatic heterocycles. The second-order valence-corrected chi connectivity index (χ2v) is 2.57. The van der Waals surface area contributed by atoms with E-state index in [2.05, 4.69) is 36.2 Å². The summed E-state index contributed by atoms with van der Waals surface area (Å²) < 4.78 is 0. The Hall–Kier alpha value is -0.680. The van der Waals surface area contributed by atoms with Crippen LogP contribution in [-0.4, -0.2) is 25.2 Å². The van der Waals surface area contributed by atoms with E-state index in [1.165, 1.54) is 6.42 Å². The van der Waals surface area contributed by atoms with E-state index in [-0.39, 0.29) is 0 Å². The van der Waals surface area contributed by atoms with Gasteiger partial charge in [0.2, 0.25) is 0 Å². The fourth-order valence-corrected chi connectivity index (χ4v) is 0.786. The summed E-state index contributed by atoms with van der Waals surface area (Å²) in [6.07, 6.45) is 2.11. The maximum atomic E-state index is 3.04. The first-order chi connectivity index (χ1) is 5.31. The van der Waals surface area contributed by atoms with Gasteiger partial charge in [-0.2, -0.15) is 0 Å². The molecule has 2 heteroatoms.